The molecular formula is C15H13ClN2O5. The summed E-state index contributed by atoms with van der Waals surface area (Å²) in [6.07, 6.45) is 0. The predicted octanol–water partition coefficient (Wildman–Crippen LogP) is 3.27. The van der Waals surface area contributed by atoms with E-state index in [4.69, 9.17) is 21.1 Å². The summed E-state index contributed by atoms with van der Waals surface area (Å²) in [5.41, 5.74) is 0.0302. The van der Waals surface area contributed by atoms with Crippen LogP contribution in [0.15, 0.2) is 42.5 Å². The number of para-hydroxylation sites is 1. The molecule has 0 aliphatic rings. The molecule has 0 bridgehead atoms. The van der Waals surface area contributed by atoms with Gasteiger partial charge in [-0.25, -0.2) is 0 Å². The van der Waals surface area contributed by atoms with Crippen molar-refractivity contribution >= 4 is 28.9 Å². The summed E-state index contributed by atoms with van der Waals surface area (Å²) in [6.45, 7) is -0.296. The summed E-state index contributed by atoms with van der Waals surface area (Å²) in [7, 11) is 1.40. The minimum atomic E-state index is -0.560. The van der Waals surface area contributed by atoms with Crippen molar-refractivity contribution in [2.75, 3.05) is 19.0 Å². The van der Waals surface area contributed by atoms with E-state index in [9.17, 15) is 14.9 Å². The van der Waals surface area contributed by atoms with E-state index in [0.717, 1.165) is 0 Å². The zero-order chi connectivity index (χ0) is 16.8. The van der Waals surface area contributed by atoms with Crippen molar-refractivity contribution in [3.8, 4) is 11.5 Å². The van der Waals surface area contributed by atoms with Crippen LogP contribution >= 0.6 is 11.6 Å². The highest BCUT2D eigenvalue weighted by molar-refractivity contribution is 6.32. The molecular weight excluding hydrogens is 324 g/mol. The number of nitrogens with one attached hydrogen (secondary N) is 1. The van der Waals surface area contributed by atoms with Gasteiger partial charge in [0.1, 0.15) is 11.5 Å². The standard InChI is InChI=1S/C15H13ClN2O5/c1-22-14-7-6-10(18(20)21)8-12(14)17-15(19)9-23-13-5-3-2-4-11(13)16/h2-8H,9H2,1H3,(H,17,19). The van der Waals surface area contributed by atoms with Crippen LogP contribution < -0.4 is 14.8 Å². The summed E-state index contributed by atoms with van der Waals surface area (Å²) in [4.78, 5) is 22.2. The first-order valence-electron chi connectivity index (χ1n) is 6.51. The highest BCUT2D eigenvalue weighted by Crippen LogP contribution is 2.29. The molecule has 0 aliphatic heterocycles. The Bertz CT molecular complexity index is 736. The van der Waals surface area contributed by atoms with Crippen molar-refractivity contribution in [1.29, 1.82) is 0 Å². The van der Waals surface area contributed by atoms with Crippen LogP contribution in [0.3, 0.4) is 0 Å². The number of nitro groups is 1. The summed E-state index contributed by atoms with van der Waals surface area (Å²) in [5.74, 6) is 0.181. The van der Waals surface area contributed by atoms with Gasteiger partial charge in [0, 0.05) is 12.1 Å². The molecule has 23 heavy (non-hydrogen) atoms. The lowest BCUT2D eigenvalue weighted by atomic mass is 10.2. The number of anilines is 1. The molecule has 0 saturated heterocycles. The van der Waals surface area contributed by atoms with Crippen LogP contribution in [0.5, 0.6) is 11.5 Å². The second-order valence-electron chi connectivity index (χ2n) is 4.41. The molecule has 0 atom stereocenters. The van der Waals surface area contributed by atoms with Crippen LogP contribution in [0.25, 0.3) is 0 Å². The van der Waals surface area contributed by atoms with Crippen molar-refractivity contribution < 1.29 is 19.2 Å². The smallest absolute Gasteiger partial charge is 0.271 e. The first-order chi connectivity index (χ1) is 11.0. The molecule has 8 heteroatoms. The van der Waals surface area contributed by atoms with Gasteiger partial charge in [-0.15, -0.1) is 0 Å². The lowest BCUT2D eigenvalue weighted by Crippen LogP contribution is -2.20. The number of non-ortho nitro benzene ring substituents is 1. The molecule has 0 aromatic heterocycles. The van der Waals surface area contributed by atoms with Crippen LogP contribution in [0.2, 0.25) is 5.02 Å². The van der Waals surface area contributed by atoms with Gasteiger partial charge in [-0.2, -0.15) is 0 Å². The van der Waals surface area contributed by atoms with E-state index in [1.807, 2.05) is 0 Å². The number of hydrogen-bond acceptors (Lipinski definition) is 5. The van der Waals surface area contributed by atoms with E-state index in [0.29, 0.717) is 16.5 Å². The zero-order valence-electron chi connectivity index (χ0n) is 12.1. The molecule has 7 nitrogen and oxygen atoms in total. The van der Waals surface area contributed by atoms with E-state index < -0.39 is 10.8 Å². The largest absolute Gasteiger partial charge is 0.495 e. The third kappa shape index (κ3) is 4.33. The molecule has 120 valence electrons. The Labute approximate surface area is 136 Å². The van der Waals surface area contributed by atoms with Crippen molar-refractivity contribution in [1.82, 2.24) is 0 Å². The van der Waals surface area contributed by atoms with Crippen molar-refractivity contribution in [3.63, 3.8) is 0 Å². The first kappa shape index (κ1) is 16.6. The quantitative estimate of drug-likeness (QED) is 0.645. The third-order valence-corrected chi connectivity index (χ3v) is 3.18. The number of hydrogen-bond donors (Lipinski definition) is 1. The molecule has 0 aliphatic carbocycles. The highest BCUT2D eigenvalue weighted by atomic mass is 35.5. The summed E-state index contributed by atoms with van der Waals surface area (Å²) in [6, 6.07) is 10.6. The maximum Gasteiger partial charge on any atom is 0.271 e. The molecule has 2 aromatic rings. The van der Waals surface area contributed by atoms with Crippen LogP contribution in [-0.2, 0) is 4.79 Å². The van der Waals surface area contributed by atoms with Gasteiger partial charge in [0.2, 0.25) is 0 Å². The molecule has 1 amide bonds. The number of benzene rings is 2. The Hall–Kier alpha value is -2.80. The molecule has 1 N–H and O–H groups in total. The second-order valence-corrected chi connectivity index (χ2v) is 4.82. The minimum absolute atomic E-state index is 0.159. The molecule has 2 rings (SSSR count). The van der Waals surface area contributed by atoms with Gasteiger partial charge in [0.15, 0.2) is 6.61 Å². The fraction of sp³-hybridized carbons (Fsp3) is 0.133. The Morgan fingerprint density at radius 2 is 2.00 bits per heavy atom. The van der Waals surface area contributed by atoms with E-state index in [1.54, 1.807) is 24.3 Å². The number of rotatable bonds is 6. The van der Waals surface area contributed by atoms with Crippen LogP contribution in [0, 0.1) is 10.1 Å². The van der Waals surface area contributed by atoms with E-state index >= 15 is 0 Å². The number of nitrogens with zero attached hydrogens (tertiary/aromatic N) is 1. The zero-order valence-corrected chi connectivity index (χ0v) is 12.9. The normalized spacial score (nSPS) is 10.0. The van der Waals surface area contributed by atoms with Crippen molar-refractivity contribution in [2.24, 2.45) is 0 Å². The number of halogens is 1. The van der Waals surface area contributed by atoms with Crippen molar-refractivity contribution in [2.45, 2.75) is 0 Å². The SMILES string of the molecule is COc1ccc([N+](=O)[O-])cc1NC(=O)COc1ccccc1Cl. The predicted molar refractivity (Wildman–Crippen MR) is 85.2 cm³/mol. The van der Waals surface area contributed by atoms with Gasteiger partial charge in [-0.05, 0) is 18.2 Å². The number of nitro benzene ring substituents is 1. The average molecular weight is 337 g/mol. The minimum Gasteiger partial charge on any atom is -0.495 e. The number of amides is 1. The Balaban J connectivity index is 2.06. The van der Waals surface area contributed by atoms with Crippen LogP contribution in [-0.4, -0.2) is 24.5 Å². The number of carbonyl (C=O) groups is 1. The fourth-order valence-electron chi connectivity index (χ4n) is 1.80. The Morgan fingerprint density at radius 1 is 1.26 bits per heavy atom. The van der Waals surface area contributed by atoms with Gasteiger partial charge in [-0.3, -0.25) is 14.9 Å². The summed E-state index contributed by atoms with van der Waals surface area (Å²) in [5, 5.41) is 13.7. The Morgan fingerprint density at radius 3 is 2.65 bits per heavy atom. The van der Waals surface area contributed by atoms with Crippen molar-refractivity contribution in [3.05, 3.63) is 57.6 Å². The van der Waals surface area contributed by atoms with Gasteiger partial charge in [0.05, 0.1) is 22.7 Å². The molecule has 0 unspecified atom stereocenters. The topological polar surface area (TPSA) is 90.7 Å². The van der Waals surface area contributed by atoms with Crippen LogP contribution in [0.1, 0.15) is 0 Å². The van der Waals surface area contributed by atoms with Gasteiger partial charge >= 0.3 is 0 Å². The molecule has 0 spiro atoms. The fourth-order valence-corrected chi connectivity index (χ4v) is 1.99. The second kappa shape index (κ2) is 7.46. The molecule has 0 fully saturated rings. The van der Waals surface area contributed by atoms with Gasteiger partial charge in [0.25, 0.3) is 11.6 Å². The maximum atomic E-state index is 11.9. The van der Waals surface area contributed by atoms with Gasteiger partial charge in [-0.1, -0.05) is 23.7 Å². The van der Waals surface area contributed by atoms with Gasteiger partial charge < -0.3 is 14.8 Å². The van der Waals surface area contributed by atoms with E-state index in [1.165, 1.54) is 25.3 Å². The lowest BCUT2D eigenvalue weighted by molar-refractivity contribution is -0.384. The first-order valence-corrected chi connectivity index (χ1v) is 6.88. The molecule has 2 aromatic carbocycles. The monoisotopic (exact) mass is 336 g/mol. The molecule has 0 heterocycles. The maximum absolute atomic E-state index is 11.9. The Kier molecular flexibility index (Phi) is 5.37. The van der Waals surface area contributed by atoms with E-state index in [-0.39, 0.29) is 18.0 Å². The summed E-state index contributed by atoms with van der Waals surface area (Å²) >= 11 is 5.92. The number of ether oxygens (including phenoxy) is 2. The highest BCUT2D eigenvalue weighted by Gasteiger charge is 2.14. The average Bonchev–Trinajstić information content (AvgIpc) is 2.54. The number of carbonyl (C=O) groups excluding carboxylic acids is 1. The molecule has 0 saturated carbocycles. The van der Waals surface area contributed by atoms with Crippen LogP contribution in [0.4, 0.5) is 11.4 Å². The summed E-state index contributed by atoms with van der Waals surface area (Å²) < 4.78 is 10.4. The number of methoxy groups -OCH3 is 1. The molecule has 0 radical (unpaired) electrons. The van der Waals surface area contributed by atoms with E-state index in [2.05, 4.69) is 5.32 Å². The third-order valence-electron chi connectivity index (χ3n) is 2.86. The lowest BCUT2D eigenvalue weighted by Gasteiger charge is -2.11.